The summed E-state index contributed by atoms with van der Waals surface area (Å²) in [6.45, 7) is 1.70. The van der Waals surface area contributed by atoms with Gasteiger partial charge in [0.15, 0.2) is 0 Å². The molecule has 1 heterocycles. The van der Waals surface area contributed by atoms with Gasteiger partial charge in [-0.05, 0) is 25.8 Å². The second-order valence-electron chi connectivity index (χ2n) is 3.05. The van der Waals surface area contributed by atoms with E-state index in [-0.39, 0.29) is 6.10 Å². The molecular formula is C8H17NO2. The van der Waals surface area contributed by atoms with Crippen molar-refractivity contribution in [3.63, 3.8) is 0 Å². The Bertz CT molecular complexity index is 102. The van der Waals surface area contributed by atoms with Crippen LogP contribution in [-0.2, 0) is 4.74 Å². The molecule has 0 aromatic rings. The standard InChI is InChI=1S/C8H17NO2/c1-11-6-4-8(10)7-3-2-5-9-7/h7-10H,2-6H2,1H3. The van der Waals surface area contributed by atoms with Crippen molar-refractivity contribution in [1.82, 2.24) is 5.32 Å². The highest BCUT2D eigenvalue weighted by atomic mass is 16.5. The van der Waals surface area contributed by atoms with Crippen molar-refractivity contribution >= 4 is 0 Å². The number of methoxy groups -OCH3 is 1. The Morgan fingerprint density at radius 3 is 3.09 bits per heavy atom. The van der Waals surface area contributed by atoms with Gasteiger partial charge in [-0.2, -0.15) is 0 Å². The van der Waals surface area contributed by atoms with E-state index < -0.39 is 0 Å². The van der Waals surface area contributed by atoms with E-state index in [0.717, 1.165) is 19.4 Å². The number of rotatable bonds is 4. The summed E-state index contributed by atoms with van der Waals surface area (Å²) in [5.41, 5.74) is 0. The molecule has 3 nitrogen and oxygen atoms in total. The number of nitrogens with one attached hydrogen (secondary N) is 1. The van der Waals surface area contributed by atoms with E-state index in [0.29, 0.717) is 12.6 Å². The van der Waals surface area contributed by atoms with Crippen LogP contribution in [0.25, 0.3) is 0 Å². The molecule has 0 spiro atoms. The summed E-state index contributed by atoms with van der Waals surface area (Å²) in [5, 5.41) is 12.8. The Morgan fingerprint density at radius 1 is 1.73 bits per heavy atom. The molecule has 0 radical (unpaired) electrons. The number of aliphatic hydroxyl groups is 1. The van der Waals surface area contributed by atoms with Crippen LogP contribution in [0, 0.1) is 0 Å². The van der Waals surface area contributed by atoms with Crippen molar-refractivity contribution < 1.29 is 9.84 Å². The van der Waals surface area contributed by atoms with E-state index in [2.05, 4.69) is 5.32 Å². The van der Waals surface area contributed by atoms with Crippen LogP contribution in [-0.4, -0.2) is 37.5 Å². The quantitative estimate of drug-likeness (QED) is 0.613. The number of aliphatic hydroxyl groups excluding tert-OH is 1. The molecule has 2 unspecified atom stereocenters. The van der Waals surface area contributed by atoms with Gasteiger partial charge in [-0.25, -0.2) is 0 Å². The zero-order valence-electron chi connectivity index (χ0n) is 7.05. The molecule has 2 atom stereocenters. The molecule has 2 N–H and O–H groups in total. The fourth-order valence-electron chi connectivity index (χ4n) is 1.48. The average molecular weight is 159 g/mol. The lowest BCUT2D eigenvalue weighted by Gasteiger charge is -2.17. The highest BCUT2D eigenvalue weighted by Gasteiger charge is 2.21. The number of hydrogen-bond donors (Lipinski definition) is 2. The van der Waals surface area contributed by atoms with Gasteiger partial charge >= 0.3 is 0 Å². The third-order valence-corrected chi connectivity index (χ3v) is 2.18. The monoisotopic (exact) mass is 159 g/mol. The van der Waals surface area contributed by atoms with E-state index >= 15 is 0 Å². The minimum Gasteiger partial charge on any atom is -0.391 e. The van der Waals surface area contributed by atoms with Gasteiger partial charge in [0.1, 0.15) is 0 Å². The Hall–Kier alpha value is -0.120. The maximum absolute atomic E-state index is 9.54. The lowest BCUT2D eigenvalue weighted by Crippen LogP contribution is -2.35. The SMILES string of the molecule is COCCC(O)C1CCCN1. The molecule has 0 aliphatic carbocycles. The molecule has 3 heteroatoms. The summed E-state index contributed by atoms with van der Waals surface area (Å²) in [6, 6.07) is 0.310. The van der Waals surface area contributed by atoms with E-state index in [4.69, 9.17) is 4.74 Å². The minimum atomic E-state index is -0.225. The van der Waals surface area contributed by atoms with Crippen molar-refractivity contribution in [2.45, 2.75) is 31.4 Å². The molecule has 66 valence electrons. The average Bonchev–Trinajstić information content (AvgIpc) is 2.52. The van der Waals surface area contributed by atoms with Crippen LogP contribution < -0.4 is 5.32 Å². The first-order valence-electron chi connectivity index (χ1n) is 4.25. The van der Waals surface area contributed by atoms with Crippen molar-refractivity contribution in [2.75, 3.05) is 20.3 Å². The van der Waals surface area contributed by atoms with Crippen molar-refractivity contribution in [1.29, 1.82) is 0 Å². The summed E-state index contributed by atoms with van der Waals surface area (Å²) in [4.78, 5) is 0. The van der Waals surface area contributed by atoms with Gasteiger partial charge in [0.05, 0.1) is 6.10 Å². The van der Waals surface area contributed by atoms with Gasteiger partial charge < -0.3 is 15.2 Å². The van der Waals surface area contributed by atoms with E-state index in [1.54, 1.807) is 7.11 Å². The Morgan fingerprint density at radius 2 is 2.55 bits per heavy atom. The first kappa shape index (κ1) is 8.97. The summed E-state index contributed by atoms with van der Waals surface area (Å²) in [7, 11) is 1.66. The number of hydrogen-bond acceptors (Lipinski definition) is 3. The Kier molecular flexibility index (Phi) is 3.83. The summed E-state index contributed by atoms with van der Waals surface area (Å²) < 4.78 is 4.88. The second-order valence-corrected chi connectivity index (χ2v) is 3.05. The normalized spacial score (nSPS) is 27.3. The zero-order chi connectivity index (χ0) is 8.10. The fourth-order valence-corrected chi connectivity index (χ4v) is 1.48. The van der Waals surface area contributed by atoms with Gasteiger partial charge in [-0.1, -0.05) is 0 Å². The van der Waals surface area contributed by atoms with Crippen LogP contribution in [0.5, 0.6) is 0 Å². The van der Waals surface area contributed by atoms with Crippen molar-refractivity contribution in [2.24, 2.45) is 0 Å². The van der Waals surface area contributed by atoms with Crippen LogP contribution in [0.2, 0.25) is 0 Å². The molecule has 0 saturated carbocycles. The van der Waals surface area contributed by atoms with Crippen LogP contribution in [0.1, 0.15) is 19.3 Å². The predicted molar refractivity (Wildman–Crippen MR) is 43.5 cm³/mol. The first-order valence-corrected chi connectivity index (χ1v) is 4.25. The summed E-state index contributed by atoms with van der Waals surface area (Å²) in [5.74, 6) is 0. The molecule has 0 aromatic heterocycles. The molecule has 0 aromatic carbocycles. The largest absolute Gasteiger partial charge is 0.391 e. The highest BCUT2D eigenvalue weighted by molar-refractivity contribution is 4.80. The maximum atomic E-state index is 9.54. The van der Waals surface area contributed by atoms with Gasteiger partial charge in [0.2, 0.25) is 0 Å². The van der Waals surface area contributed by atoms with Gasteiger partial charge in [-0.15, -0.1) is 0 Å². The van der Waals surface area contributed by atoms with Crippen LogP contribution in [0.3, 0.4) is 0 Å². The van der Waals surface area contributed by atoms with Crippen LogP contribution in [0.4, 0.5) is 0 Å². The molecule has 1 fully saturated rings. The molecule has 0 amide bonds. The topological polar surface area (TPSA) is 41.5 Å². The van der Waals surface area contributed by atoms with E-state index in [1.807, 2.05) is 0 Å². The molecule has 11 heavy (non-hydrogen) atoms. The summed E-state index contributed by atoms with van der Waals surface area (Å²) >= 11 is 0. The van der Waals surface area contributed by atoms with E-state index in [1.165, 1.54) is 6.42 Å². The first-order chi connectivity index (χ1) is 5.34. The zero-order valence-corrected chi connectivity index (χ0v) is 7.05. The van der Waals surface area contributed by atoms with Gasteiger partial charge in [0, 0.05) is 19.8 Å². The Labute approximate surface area is 67.7 Å². The number of ether oxygens (including phenoxy) is 1. The molecule has 1 saturated heterocycles. The molecular weight excluding hydrogens is 142 g/mol. The van der Waals surface area contributed by atoms with Gasteiger partial charge in [-0.3, -0.25) is 0 Å². The van der Waals surface area contributed by atoms with Crippen LogP contribution in [0.15, 0.2) is 0 Å². The second kappa shape index (κ2) is 4.70. The smallest absolute Gasteiger partial charge is 0.0715 e. The molecule has 1 rings (SSSR count). The maximum Gasteiger partial charge on any atom is 0.0715 e. The van der Waals surface area contributed by atoms with Crippen molar-refractivity contribution in [3.8, 4) is 0 Å². The molecule has 0 bridgehead atoms. The minimum absolute atomic E-state index is 0.225. The van der Waals surface area contributed by atoms with Crippen molar-refractivity contribution in [3.05, 3.63) is 0 Å². The third-order valence-electron chi connectivity index (χ3n) is 2.18. The van der Waals surface area contributed by atoms with Gasteiger partial charge in [0.25, 0.3) is 0 Å². The van der Waals surface area contributed by atoms with E-state index in [9.17, 15) is 5.11 Å². The van der Waals surface area contributed by atoms with Crippen LogP contribution >= 0.6 is 0 Å². The Balaban J connectivity index is 2.12. The highest BCUT2D eigenvalue weighted by Crippen LogP contribution is 2.11. The lowest BCUT2D eigenvalue weighted by molar-refractivity contribution is 0.0863. The molecule has 1 aliphatic rings. The molecule has 1 aliphatic heterocycles. The fraction of sp³-hybridized carbons (Fsp3) is 1.00. The summed E-state index contributed by atoms with van der Waals surface area (Å²) in [6.07, 6.45) is 2.81. The predicted octanol–water partition coefficient (Wildman–Crippen LogP) is 0.136. The third kappa shape index (κ3) is 2.77. The lowest BCUT2D eigenvalue weighted by atomic mass is 10.1.